The highest BCUT2D eigenvalue weighted by atomic mass is 19.1. The number of amides is 1. The molecule has 0 aliphatic heterocycles. The summed E-state index contributed by atoms with van der Waals surface area (Å²) in [5, 5.41) is 2.82. The van der Waals surface area contributed by atoms with E-state index in [-0.39, 0.29) is 23.8 Å². The monoisotopic (exact) mass is 380 g/mol. The smallest absolute Gasteiger partial charge is 0.253 e. The molecule has 0 bridgehead atoms. The van der Waals surface area contributed by atoms with Crippen LogP contribution in [-0.2, 0) is 6.42 Å². The molecule has 0 unspecified atom stereocenters. The Kier molecular flexibility index (Phi) is 5.89. The van der Waals surface area contributed by atoms with Gasteiger partial charge in [0, 0.05) is 12.0 Å². The number of hydrogen-bond donors (Lipinski definition) is 1. The first kappa shape index (κ1) is 19.4. The van der Waals surface area contributed by atoms with Crippen LogP contribution in [-0.4, -0.2) is 17.2 Å². The van der Waals surface area contributed by atoms with Crippen molar-refractivity contribution in [3.8, 4) is 0 Å². The van der Waals surface area contributed by atoms with E-state index in [1.807, 2.05) is 0 Å². The van der Waals surface area contributed by atoms with Crippen molar-refractivity contribution >= 4 is 12.2 Å². The predicted octanol–water partition coefficient (Wildman–Crippen LogP) is 4.25. The maximum absolute atomic E-state index is 13.7. The average molecular weight is 380 g/mol. The van der Waals surface area contributed by atoms with E-state index in [1.54, 1.807) is 43.3 Å². The summed E-state index contributed by atoms with van der Waals surface area (Å²) in [6.07, 6.45) is 2.07. The molecule has 3 aromatic rings. The van der Waals surface area contributed by atoms with Crippen LogP contribution in [0.15, 0.2) is 60.8 Å². The number of hydrogen-bond acceptors (Lipinski definition) is 3. The molecule has 4 nitrogen and oxygen atoms in total. The number of nitrogens with zero attached hydrogens (tertiary/aromatic N) is 1. The third-order valence-electron chi connectivity index (χ3n) is 4.39. The third kappa shape index (κ3) is 4.65. The van der Waals surface area contributed by atoms with E-state index in [1.165, 1.54) is 12.1 Å². The summed E-state index contributed by atoms with van der Waals surface area (Å²) in [5.41, 5.74) is 2.63. The Balaban J connectivity index is 1.80. The normalized spacial score (nSPS) is 11.7. The average Bonchev–Trinajstić information content (AvgIpc) is 2.71. The molecule has 1 amide bonds. The predicted molar refractivity (Wildman–Crippen MR) is 101 cm³/mol. The maximum Gasteiger partial charge on any atom is 0.253 e. The molecule has 0 saturated heterocycles. The quantitative estimate of drug-likeness (QED) is 0.650. The number of benzene rings is 2. The summed E-state index contributed by atoms with van der Waals surface area (Å²) in [7, 11) is 0. The first-order chi connectivity index (χ1) is 13.5. The van der Waals surface area contributed by atoms with Gasteiger partial charge in [0.25, 0.3) is 5.91 Å². The third-order valence-corrected chi connectivity index (χ3v) is 4.39. The van der Waals surface area contributed by atoms with Crippen molar-refractivity contribution in [1.29, 1.82) is 0 Å². The van der Waals surface area contributed by atoms with Gasteiger partial charge in [-0.15, -0.1) is 0 Å². The number of rotatable bonds is 6. The summed E-state index contributed by atoms with van der Waals surface area (Å²) in [5.74, 6) is -1.43. The van der Waals surface area contributed by atoms with Crippen molar-refractivity contribution in [3.05, 3.63) is 100 Å². The Bertz CT molecular complexity index is 986. The van der Waals surface area contributed by atoms with Crippen LogP contribution in [0.25, 0.3) is 0 Å². The fourth-order valence-corrected chi connectivity index (χ4v) is 2.82. The fourth-order valence-electron chi connectivity index (χ4n) is 2.82. The van der Waals surface area contributed by atoms with E-state index in [4.69, 9.17) is 0 Å². The van der Waals surface area contributed by atoms with Gasteiger partial charge in [0.2, 0.25) is 0 Å². The largest absolute Gasteiger partial charge is 0.345 e. The zero-order valence-electron chi connectivity index (χ0n) is 15.2. The second-order valence-electron chi connectivity index (χ2n) is 6.43. The Hall–Kier alpha value is -3.41. The molecule has 1 atom stereocenters. The van der Waals surface area contributed by atoms with Crippen LogP contribution in [0.2, 0.25) is 0 Å². The van der Waals surface area contributed by atoms with Crippen molar-refractivity contribution in [2.45, 2.75) is 19.4 Å². The Morgan fingerprint density at radius 2 is 1.75 bits per heavy atom. The summed E-state index contributed by atoms with van der Waals surface area (Å²) in [6, 6.07) is 13.4. The molecule has 3 rings (SSSR count). The standard InChI is InChI=1S/C22H18F2N2O2/c1-14(17-6-2-16(13-27)3-7-17)26-22(28)20-11-19(24)12-25-21(20)10-15-4-8-18(23)9-5-15/h2-9,11-14H,10H2,1H3,(H,26,28)/t14-/m0/s1. The van der Waals surface area contributed by atoms with Gasteiger partial charge < -0.3 is 5.32 Å². The van der Waals surface area contributed by atoms with Crippen molar-refractivity contribution in [1.82, 2.24) is 10.3 Å². The molecule has 1 aromatic heterocycles. The molecule has 0 aliphatic carbocycles. The molecule has 142 valence electrons. The highest BCUT2D eigenvalue weighted by molar-refractivity contribution is 5.95. The van der Waals surface area contributed by atoms with E-state index in [9.17, 15) is 18.4 Å². The van der Waals surface area contributed by atoms with E-state index in [0.29, 0.717) is 11.3 Å². The molecule has 0 fully saturated rings. The summed E-state index contributed by atoms with van der Waals surface area (Å²) >= 11 is 0. The van der Waals surface area contributed by atoms with Crippen LogP contribution >= 0.6 is 0 Å². The lowest BCUT2D eigenvalue weighted by atomic mass is 10.0. The van der Waals surface area contributed by atoms with E-state index in [0.717, 1.165) is 29.7 Å². The second kappa shape index (κ2) is 8.52. The molecule has 28 heavy (non-hydrogen) atoms. The van der Waals surface area contributed by atoms with Crippen molar-refractivity contribution < 1.29 is 18.4 Å². The number of pyridine rings is 1. The minimum atomic E-state index is -0.615. The lowest BCUT2D eigenvalue weighted by Gasteiger charge is -2.16. The molecule has 1 N–H and O–H groups in total. The second-order valence-corrected chi connectivity index (χ2v) is 6.43. The fraction of sp³-hybridized carbons (Fsp3) is 0.136. The van der Waals surface area contributed by atoms with Gasteiger partial charge in [-0.25, -0.2) is 8.78 Å². The van der Waals surface area contributed by atoms with Crippen LogP contribution in [0.5, 0.6) is 0 Å². The number of nitrogens with one attached hydrogen (secondary N) is 1. The topological polar surface area (TPSA) is 59.1 Å². The Morgan fingerprint density at radius 1 is 1.07 bits per heavy atom. The highest BCUT2D eigenvalue weighted by Crippen LogP contribution is 2.17. The number of halogens is 2. The molecule has 1 heterocycles. The van der Waals surface area contributed by atoms with Crippen LogP contribution in [0, 0.1) is 11.6 Å². The van der Waals surface area contributed by atoms with Crippen LogP contribution in [0.3, 0.4) is 0 Å². The highest BCUT2D eigenvalue weighted by Gasteiger charge is 2.17. The van der Waals surface area contributed by atoms with Gasteiger partial charge in [0.15, 0.2) is 0 Å². The van der Waals surface area contributed by atoms with Crippen molar-refractivity contribution in [2.75, 3.05) is 0 Å². The van der Waals surface area contributed by atoms with Gasteiger partial charge in [-0.1, -0.05) is 36.4 Å². The van der Waals surface area contributed by atoms with E-state index < -0.39 is 11.7 Å². The van der Waals surface area contributed by atoms with Crippen LogP contribution < -0.4 is 5.32 Å². The number of aldehydes is 1. The lowest BCUT2D eigenvalue weighted by molar-refractivity contribution is 0.0937. The van der Waals surface area contributed by atoms with E-state index in [2.05, 4.69) is 10.3 Å². The van der Waals surface area contributed by atoms with Gasteiger partial charge in [0.1, 0.15) is 17.9 Å². The lowest BCUT2D eigenvalue weighted by Crippen LogP contribution is -2.28. The molecule has 0 spiro atoms. The molecule has 0 radical (unpaired) electrons. The van der Waals surface area contributed by atoms with Gasteiger partial charge in [-0.3, -0.25) is 14.6 Å². The number of carbonyl (C=O) groups is 2. The number of carbonyl (C=O) groups excluding carboxylic acids is 2. The van der Waals surface area contributed by atoms with Gasteiger partial charge >= 0.3 is 0 Å². The summed E-state index contributed by atoms with van der Waals surface area (Å²) < 4.78 is 26.8. The van der Waals surface area contributed by atoms with Gasteiger partial charge in [0.05, 0.1) is 23.5 Å². The number of aromatic nitrogens is 1. The SMILES string of the molecule is C[C@H](NC(=O)c1cc(F)cnc1Cc1ccc(F)cc1)c1ccc(C=O)cc1. The zero-order valence-corrected chi connectivity index (χ0v) is 15.2. The first-order valence-electron chi connectivity index (χ1n) is 8.71. The molecule has 2 aromatic carbocycles. The molecular formula is C22H18F2N2O2. The Morgan fingerprint density at radius 3 is 2.39 bits per heavy atom. The first-order valence-corrected chi connectivity index (χ1v) is 8.71. The van der Waals surface area contributed by atoms with Crippen LogP contribution in [0.1, 0.15) is 50.5 Å². The molecule has 0 saturated carbocycles. The zero-order chi connectivity index (χ0) is 20.1. The van der Waals surface area contributed by atoms with Crippen LogP contribution in [0.4, 0.5) is 8.78 Å². The van der Waals surface area contributed by atoms with Crippen molar-refractivity contribution in [2.24, 2.45) is 0 Å². The Labute approximate surface area is 161 Å². The van der Waals surface area contributed by atoms with E-state index >= 15 is 0 Å². The molecule has 6 heteroatoms. The van der Waals surface area contributed by atoms with Gasteiger partial charge in [-0.2, -0.15) is 0 Å². The van der Waals surface area contributed by atoms with Gasteiger partial charge in [-0.05, 0) is 36.2 Å². The molecule has 0 aliphatic rings. The molecular weight excluding hydrogens is 362 g/mol. The summed E-state index contributed by atoms with van der Waals surface area (Å²) in [6.45, 7) is 1.79. The minimum absolute atomic E-state index is 0.126. The van der Waals surface area contributed by atoms with Crippen molar-refractivity contribution in [3.63, 3.8) is 0 Å². The maximum atomic E-state index is 13.7. The minimum Gasteiger partial charge on any atom is -0.345 e. The summed E-state index contributed by atoms with van der Waals surface area (Å²) in [4.78, 5) is 27.5.